The van der Waals surface area contributed by atoms with Crippen LogP contribution in [-0.2, 0) is 0 Å². The normalized spacial score (nSPS) is 17.1. The fraction of sp³-hybridized carbons (Fsp3) is 0.478. The molecular weight excluding hydrogens is 402 g/mol. The third-order valence-electron chi connectivity index (χ3n) is 6.43. The van der Waals surface area contributed by atoms with Crippen molar-refractivity contribution in [3.63, 3.8) is 0 Å². The molecule has 9 nitrogen and oxygen atoms in total. The highest BCUT2D eigenvalue weighted by molar-refractivity contribution is 5.99. The Labute approximate surface area is 188 Å². The van der Waals surface area contributed by atoms with Crippen LogP contribution in [0, 0.1) is 5.41 Å². The maximum Gasteiger partial charge on any atom is 0.230 e. The molecule has 0 bridgehead atoms. The number of nitrogens with zero attached hydrogens (tertiary/aromatic N) is 6. The fourth-order valence-electron chi connectivity index (χ4n) is 4.70. The third-order valence-corrected chi connectivity index (χ3v) is 6.43. The van der Waals surface area contributed by atoms with Gasteiger partial charge in [-0.25, -0.2) is 9.97 Å². The van der Waals surface area contributed by atoms with E-state index in [1.165, 1.54) is 12.8 Å². The zero-order chi connectivity index (χ0) is 22.1. The van der Waals surface area contributed by atoms with Gasteiger partial charge in [0, 0.05) is 57.9 Å². The molecule has 1 aliphatic carbocycles. The Kier molecular flexibility index (Phi) is 5.65. The van der Waals surface area contributed by atoms with E-state index >= 15 is 0 Å². The lowest BCUT2D eigenvalue weighted by Crippen LogP contribution is -2.43. The van der Waals surface area contributed by atoms with Crippen LogP contribution in [0.5, 0.6) is 0 Å². The van der Waals surface area contributed by atoms with Crippen molar-refractivity contribution in [1.29, 1.82) is 5.41 Å². The second-order valence-electron chi connectivity index (χ2n) is 8.82. The molecule has 3 aromatic rings. The number of rotatable bonds is 5. The molecule has 1 saturated heterocycles. The van der Waals surface area contributed by atoms with Gasteiger partial charge in [0.25, 0.3) is 0 Å². The summed E-state index contributed by atoms with van der Waals surface area (Å²) in [5, 5.41) is 16.2. The minimum Gasteiger partial charge on any atom is -0.368 e. The van der Waals surface area contributed by atoms with Crippen molar-refractivity contribution in [1.82, 2.24) is 29.7 Å². The molecule has 2 aliphatic rings. The van der Waals surface area contributed by atoms with Gasteiger partial charge in [-0.05, 0) is 31.0 Å². The van der Waals surface area contributed by atoms with E-state index in [1.54, 1.807) is 0 Å². The van der Waals surface area contributed by atoms with Crippen molar-refractivity contribution < 1.29 is 0 Å². The Morgan fingerprint density at radius 1 is 1.12 bits per heavy atom. The predicted molar refractivity (Wildman–Crippen MR) is 128 cm³/mol. The van der Waals surface area contributed by atoms with Crippen LogP contribution in [0.15, 0.2) is 30.6 Å². The first-order valence-corrected chi connectivity index (χ1v) is 11.4. The van der Waals surface area contributed by atoms with Crippen LogP contribution in [0.25, 0.3) is 11.0 Å². The molecule has 0 atom stereocenters. The van der Waals surface area contributed by atoms with Gasteiger partial charge in [0.2, 0.25) is 5.95 Å². The van der Waals surface area contributed by atoms with E-state index in [-0.39, 0.29) is 0 Å². The zero-order valence-corrected chi connectivity index (χ0v) is 18.8. The Bertz CT molecular complexity index is 1090. The van der Waals surface area contributed by atoms with Gasteiger partial charge < -0.3 is 25.0 Å². The molecule has 1 saturated carbocycles. The molecule has 0 aromatic carbocycles. The minimum atomic E-state index is 0.377. The van der Waals surface area contributed by atoms with Crippen molar-refractivity contribution in [2.75, 3.05) is 50.5 Å². The number of anilines is 3. The van der Waals surface area contributed by atoms with E-state index < -0.39 is 0 Å². The summed E-state index contributed by atoms with van der Waals surface area (Å²) in [5.41, 5.74) is 2.92. The average molecular weight is 434 g/mol. The summed E-state index contributed by atoms with van der Waals surface area (Å²) in [7, 11) is 3.82. The molecule has 2 fully saturated rings. The summed E-state index contributed by atoms with van der Waals surface area (Å²) in [5.74, 6) is 1.75. The lowest BCUT2D eigenvalue weighted by Gasteiger charge is -2.29. The van der Waals surface area contributed by atoms with Gasteiger partial charge in [-0.15, -0.1) is 0 Å². The van der Waals surface area contributed by atoms with E-state index in [0.717, 1.165) is 67.3 Å². The first-order valence-electron chi connectivity index (χ1n) is 11.4. The Morgan fingerprint density at radius 2 is 1.91 bits per heavy atom. The van der Waals surface area contributed by atoms with Crippen molar-refractivity contribution in [2.24, 2.45) is 0 Å². The van der Waals surface area contributed by atoms with E-state index in [2.05, 4.69) is 36.1 Å². The summed E-state index contributed by atoms with van der Waals surface area (Å²) in [6.07, 6.45) is 8.44. The number of hydrogen-bond donors (Lipinski definition) is 3. The second kappa shape index (κ2) is 8.74. The van der Waals surface area contributed by atoms with E-state index in [1.807, 2.05) is 43.5 Å². The zero-order valence-electron chi connectivity index (χ0n) is 18.8. The molecule has 1 aliphatic heterocycles. The molecule has 0 unspecified atom stereocenters. The summed E-state index contributed by atoms with van der Waals surface area (Å²) < 4.78 is 2.25. The van der Waals surface area contributed by atoms with Gasteiger partial charge >= 0.3 is 0 Å². The Balaban J connectivity index is 1.43. The van der Waals surface area contributed by atoms with Crippen molar-refractivity contribution in [3.05, 3.63) is 36.3 Å². The molecule has 0 radical (unpaired) electrons. The summed E-state index contributed by atoms with van der Waals surface area (Å²) in [4.78, 5) is 18.1. The number of hydrogen-bond acceptors (Lipinski definition) is 7. The summed E-state index contributed by atoms with van der Waals surface area (Å²) in [6, 6.07) is 6.49. The highest BCUT2D eigenvalue weighted by Crippen LogP contribution is 2.34. The van der Waals surface area contributed by atoms with Crippen LogP contribution in [-0.4, -0.2) is 70.5 Å². The smallest absolute Gasteiger partial charge is 0.230 e. The van der Waals surface area contributed by atoms with Crippen molar-refractivity contribution in [3.8, 4) is 0 Å². The van der Waals surface area contributed by atoms with E-state index in [0.29, 0.717) is 17.8 Å². The summed E-state index contributed by atoms with van der Waals surface area (Å²) >= 11 is 0. The number of nitrogens with one attached hydrogen (secondary N) is 3. The SMILES string of the molecule is CN(C)C(=N)c1cc2cnc(Nc3ccc(N4CCNCC4)cn3)nc2n1C1CCCC1. The van der Waals surface area contributed by atoms with Gasteiger partial charge in [0.1, 0.15) is 17.3 Å². The lowest BCUT2D eigenvalue weighted by atomic mass is 10.2. The molecule has 0 spiro atoms. The quantitative estimate of drug-likeness (QED) is 0.420. The largest absolute Gasteiger partial charge is 0.368 e. The second-order valence-corrected chi connectivity index (χ2v) is 8.82. The first kappa shape index (κ1) is 20.7. The van der Waals surface area contributed by atoms with Crippen molar-refractivity contribution in [2.45, 2.75) is 31.7 Å². The first-order chi connectivity index (χ1) is 15.6. The van der Waals surface area contributed by atoms with Crippen molar-refractivity contribution >= 4 is 34.3 Å². The number of amidine groups is 1. The van der Waals surface area contributed by atoms with Gasteiger partial charge in [-0.1, -0.05) is 12.8 Å². The number of piperazine rings is 1. The number of aromatic nitrogens is 4. The van der Waals surface area contributed by atoms with Crippen LogP contribution in [0.3, 0.4) is 0 Å². The molecule has 3 aromatic heterocycles. The molecule has 32 heavy (non-hydrogen) atoms. The molecule has 0 amide bonds. The molecule has 5 rings (SSSR count). The highest BCUT2D eigenvalue weighted by atomic mass is 15.2. The maximum absolute atomic E-state index is 8.58. The van der Waals surface area contributed by atoms with Crippen LogP contribution >= 0.6 is 0 Å². The maximum atomic E-state index is 8.58. The molecule has 4 heterocycles. The average Bonchev–Trinajstić information content (AvgIpc) is 3.47. The van der Waals surface area contributed by atoms with E-state index in [9.17, 15) is 0 Å². The molecule has 168 valence electrons. The lowest BCUT2D eigenvalue weighted by molar-refractivity contribution is 0.520. The van der Waals surface area contributed by atoms with Gasteiger partial charge in [0.05, 0.1) is 17.6 Å². The molecule has 3 N–H and O–H groups in total. The topological polar surface area (TPSA) is 98.0 Å². The number of pyridine rings is 1. The summed E-state index contributed by atoms with van der Waals surface area (Å²) in [6.45, 7) is 4.00. The monoisotopic (exact) mass is 433 g/mol. The van der Waals surface area contributed by atoms with E-state index in [4.69, 9.17) is 10.4 Å². The van der Waals surface area contributed by atoms with Crippen LogP contribution < -0.4 is 15.5 Å². The van der Waals surface area contributed by atoms with Gasteiger partial charge in [-0.2, -0.15) is 4.98 Å². The van der Waals surface area contributed by atoms with Crippen LogP contribution in [0.2, 0.25) is 0 Å². The van der Waals surface area contributed by atoms with Crippen LogP contribution in [0.1, 0.15) is 37.4 Å². The number of fused-ring (bicyclic) bond motifs is 1. The standard InChI is InChI=1S/C23H31N9/c1-30(2)21(24)19-13-16-14-27-23(29-22(16)32(19)17-5-3-4-6-17)28-20-8-7-18(15-26-20)31-11-9-25-10-12-31/h7-8,13-15,17,24-25H,3-6,9-12H2,1-2H3,(H,26,27,28,29). The Morgan fingerprint density at radius 3 is 2.59 bits per heavy atom. The minimum absolute atomic E-state index is 0.377. The predicted octanol–water partition coefficient (Wildman–Crippen LogP) is 2.98. The third kappa shape index (κ3) is 4.00. The van der Waals surface area contributed by atoms with Crippen LogP contribution in [0.4, 0.5) is 17.5 Å². The van der Waals surface area contributed by atoms with Gasteiger partial charge in [-0.3, -0.25) is 5.41 Å². The molecule has 9 heteroatoms. The Hall–Kier alpha value is -3.20. The molecular formula is C23H31N9. The highest BCUT2D eigenvalue weighted by Gasteiger charge is 2.25. The van der Waals surface area contributed by atoms with Gasteiger partial charge in [0.15, 0.2) is 0 Å². The fourth-order valence-corrected chi connectivity index (χ4v) is 4.70.